The first kappa shape index (κ1) is 12.4. The van der Waals surface area contributed by atoms with Gasteiger partial charge in [0.15, 0.2) is 0 Å². The normalized spacial score (nSPS) is 10.8. The minimum atomic E-state index is -0.893. The van der Waals surface area contributed by atoms with Crippen LogP contribution in [0.3, 0.4) is 0 Å². The van der Waals surface area contributed by atoms with E-state index in [4.69, 9.17) is 5.11 Å². The van der Waals surface area contributed by atoms with Gasteiger partial charge in [0.25, 0.3) is 5.56 Å². The second-order valence-corrected chi connectivity index (χ2v) is 4.56. The van der Waals surface area contributed by atoms with E-state index in [-0.39, 0.29) is 18.4 Å². The summed E-state index contributed by atoms with van der Waals surface area (Å²) in [7, 11) is 0. The number of fused-ring (bicyclic) bond motifs is 1. The molecule has 0 atom stereocenters. The number of hydrogen-bond acceptors (Lipinski definition) is 2. The molecule has 0 saturated carbocycles. The number of carboxylic acid groups (broad SMARTS) is 1. The number of carboxylic acids is 1. The van der Waals surface area contributed by atoms with Crippen LogP contribution in [0.25, 0.3) is 10.9 Å². The molecule has 0 aliphatic rings. The average molecular weight is 245 g/mol. The number of carbonyl (C=O) groups is 1. The minimum Gasteiger partial charge on any atom is -0.481 e. The van der Waals surface area contributed by atoms with Gasteiger partial charge in [-0.05, 0) is 43.5 Å². The first-order chi connectivity index (χ1) is 8.47. The van der Waals surface area contributed by atoms with Gasteiger partial charge in [-0.15, -0.1) is 0 Å². The van der Waals surface area contributed by atoms with Crippen molar-refractivity contribution in [2.24, 2.45) is 0 Å². The van der Waals surface area contributed by atoms with Crippen molar-refractivity contribution >= 4 is 16.9 Å². The lowest BCUT2D eigenvalue weighted by Gasteiger charge is -2.06. The Hall–Kier alpha value is -2.10. The highest BCUT2D eigenvalue weighted by Gasteiger charge is 2.07. The minimum absolute atomic E-state index is 0.0283. The molecule has 1 aromatic heterocycles. The molecule has 0 radical (unpaired) electrons. The molecular formula is C14H15NO3. The fourth-order valence-corrected chi connectivity index (χ4v) is 2.14. The summed E-state index contributed by atoms with van der Waals surface area (Å²) < 4.78 is 0. The van der Waals surface area contributed by atoms with Gasteiger partial charge in [-0.25, -0.2) is 0 Å². The molecule has 0 fully saturated rings. The largest absolute Gasteiger partial charge is 0.481 e. The number of pyridine rings is 1. The number of benzene rings is 1. The number of hydrogen-bond donors (Lipinski definition) is 2. The Morgan fingerprint density at radius 3 is 2.67 bits per heavy atom. The van der Waals surface area contributed by atoms with Crippen molar-refractivity contribution in [3.63, 3.8) is 0 Å². The van der Waals surface area contributed by atoms with Crippen molar-refractivity contribution in [3.8, 4) is 0 Å². The van der Waals surface area contributed by atoms with Crippen LogP contribution >= 0.6 is 0 Å². The Bertz CT molecular complexity index is 671. The molecule has 0 unspecified atom stereocenters. The molecule has 0 aliphatic heterocycles. The summed E-state index contributed by atoms with van der Waals surface area (Å²) in [6.45, 7) is 3.96. The summed E-state index contributed by atoms with van der Waals surface area (Å²) in [5.74, 6) is -0.893. The fraction of sp³-hybridized carbons (Fsp3) is 0.286. The number of H-pyrrole nitrogens is 1. The molecule has 4 nitrogen and oxygen atoms in total. The quantitative estimate of drug-likeness (QED) is 0.870. The van der Waals surface area contributed by atoms with Gasteiger partial charge in [-0.2, -0.15) is 0 Å². The molecule has 2 aromatic rings. The SMILES string of the molecule is Cc1cc(C)c2cc(CCC(=O)O)c(=O)[nH]c2c1. The van der Waals surface area contributed by atoms with Crippen molar-refractivity contribution in [1.82, 2.24) is 4.98 Å². The van der Waals surface area contributed by atoms with E-state index in [2.05, 4.69) is 4.98 Å². The van der Waals surface area contributed by atoms with Crippen LogP contribution in [-0.2, 0) is 11.2 Å². The average Bonchev–Trinajstić information content (AvgIpc) is 2.26. The molecule has 1 aromatic carbocycles. The Balaban J connectivity index is 2.54. The van der Waals surface area contributed by atoms with Crippen LogP contribution < -0.4 is 5.56 Å². The van der Waals surface area contributed by atoms with Crippen molar-refractivity contribution < 1.29 is 9.90 Å². The Kier molecular flexibility index (Phi) is 3.19. The van der Waals surface area contributed by atoms with E-state index in [1.807, 2.05) is 26.0 Å². The summed E-state index contributed by atoms with van der Waals surface area (Å²) in [5, 5.41) is 9.63. The zero-order chi connectivity index (χ0) is 13.3. The summed E-state index contributed by atoms with van der Waals surface area (Å²) >= 11 is 0. The molecule has 4 heteroatoms. The van der Waals surface area contributed by atoms with E-state index in [9.17, 15) is 9.59 Å². The topological polar surface area (TPSA) is 70.2 Å². The Morgan fingerprint density at radius 2 is 2.00 bits per heavy atom. The highest BCUT2D eigenvalue weighted by molar-refractivity contribution is 5.83. The first-order valence-corrected chi connectivity index (χ1v) is 5.82. The molecule has 0 bridgehead atoms. The number of aryl methyl sites for hydroxylation is 3. The van der Waals surface area contributed by atoms with Crippen LogP contribution in [0.4, 0.5) is 0 Å². The summed E-state index contributed by atoms with van der Waals surface area (Å²) in [5.41, 5.74) is 3.30. The smallest absolute Gasteiger partial charge is 0.303 e. The molecule has 18 heavy (non-hydrogen) atoms. The van der Waals surface area contributed by atoms with Gasteiger partial charge in [0.1, 0.15) is 0 Å². The fourth-order valence-electron chi connectivity index (χ4n) is 2.14. The maximum absolute atomic E-state index is 11.8. The van der Waals surface area contributed by atoms with Crippen LogP contribution in [-0.4, -0.2) is 16.1 Å². The first-order valence-electron chi connectivity index (χ1n) is 5.82. The van der Waals surface area contributed by atoms with Gasteiger partial charge < -0.3 is 10.1 Å². The number of aromatic nitrogens is 1. The van der Waals surface area contributed by atoms with E-state index in [1.165, 1.54) is 0 Å². The van der Waals surface area contributed by atoms with Crippen LogP contribution in [0.5, 0.6) is 0 Å². The molecule has 0 aliphatic carbocycles. The predicted molar refractivity (Wildman–Crippen MR) is 70.0 cm³/mol. The van der Waals surface area contributed by atoms with Crippen LogP contribution in [0.15, 0.2) is 23.0 Å². The molecule has 1 heterocycles. The van der Waals surface area contributed by atoms with Gasteiger partial charge in [0.05, 0.1) is 0 Å². The van der Waals surface area contributed by atoms with Gasteiger partial charge in [0, 0.05) is 22.9 Å². The maximum Gasteiger partial charge on any atom is 0.303 e. The number of rotatable bonds is 3. The second-order valence-electron chi connectivity index (χ2n) is 4.56. The zero-order valence-corrected chi connectivity index (χ0v) is 10.4. The van der Waals surface area contributed by atoms with Crippen molar-refractivity contribution in [3.05, 3.63) is 45.2 Å². The molecule has 94 valence electrons. The predicted octanol–water partition coefficient (Wildman–Crippen LogP) is 2.16. The summed E-state index contributed by atoms with van der Waals surface area (Å²) in [6, 6.07) is 5.76. The maximum atomic E-state index is 11.8. The van der Waals surface area contributed by atoms with E-state index < -0.39 is 5.97 Å². The van der Waals surface area contributed by atoms with E-state index in [1.54, 1.807) is 6.07 Å². The monoisotopic (exact) mass is 245 g/mol. The third-order valence-corrected chi connectivity index (χ3v) is 3.00. The Labute approximate surface area is 104 Å². The molecule has 2 N–H and O–H groups in total. The molecule has 2 rings (SSSR count). The third-order valence-electron chi connectivity index (χ3n) is 3.00. The summed E-state index contributed by atoms with van der Waals surface area (Å²) in [6.07, 6.45) is 0.230. The second kappa shape index (κ2) is 4.64. The molecule has 0 amide bonds. The van der Waals surface area contributed by atoms with E-state index >= 15 is 0 Å². The molecule has 0 saturated heterocycles. The van der Waals surface area contributed by atoms with Crippen LogP contribution in [0, 0.1) is 13.8 Å². The number of nitrogens with one attached hydrogen (secondary N) is 1. The highest BCUT2D eigenvalue weighted by atomic mass is 16.4. The zero-order valence-electron chi connectivity index (χ0n) is 10.4. The lowest BCUT2D eigenvalue weighted by Crippen LogP contribution is -2.14. The van der Waals surface area contributed by atoms with Gasteiger partial charge in [-0.3, -0.25) is 9.59 Å². The van der Waals surface area contributed by atoms with Crippen molar-refractivity contribution in [1.29, 1.82) is 0 Å². The third kappa shape index (κ3) is 2.42. The van der Waals surface area contributed by atoms with Crippen LogP contribution in [0.1, 0.15) is 23.1 Å². The lowest BCUT2D eigenvalue weighted by atomic mass is 10.0. The number of aliphatic carboxylic acids is 1. The molecule has 0 spiro atoms. The number of aromatic amines is 1. The van der Waals surface area contributed by atoms with Crippen LogP contribution in [0.2, 0.25) is 0 Å². The van der Waals surface area contributed by atoms with E-state index in [0.717, 1.165) is 22.0 Å². The molecular weight excluding hydrogens is 230 g/mol. The lowest BCUT2D eigenvalue weighted by molar-refractivity contribution is -0.136. The standard InChI is InChI=1S/C14H15NO3/c1-8-5-9(2)11-7-10(3-4-13(16)17)14(18)15-12(11)6-8/h5-7H,3-4H2,1-2H3,(H,15,18)(H,16,17). The highest BCUT2D eigenvalue weighted by Crippen LogP contribution is 2.18. The summed E-state index contributed by atoms with van der Waals surface area (Å²) in [4.78, 5) is 25.2. The van der Waals surface area contributed by atoms with Gasteiger partial charge in [-0.1, -0.05) is 6.07 Å². The van der Waals surface area contributed by atoms with Crippen molar-refractivity contribution in [2.75, 3.05) is 0 Å². The van der Waals surface area contributed by atoms with Gasteiger partial charge in [0.2, 0.25) is 0 Å². The Morgan fingerprint density at radius 1 is 1.28 bits per heavy atom. The van der Waals surface area contributed by atoms with Gasteiger partial charge >= 0.3 is 5.97 Å². The van der Waals surface area contributed by atoms with Crippen molar-refractivity contribution in [2.45, 2.75) is 26.7 Å². The van der Waals surface area contributed by atoms with E-state index in [0.29, 0.717) is 5.56 Å².